The summed E-state index contributed by atoms with van der Waals surface area (Å²) in [6.07, 6.45) is 1.30. The van der Waals surface area contributed by atoms with E-state index < -0.39 is 0 Å². The van der Waals surface area contributed by atoms with Gasteiger partial charge in [0.15, 0.2) is 0 Å². The Kier molecular flexibility index (Phi) is 5.26. The Morgan fingerprint density at radius 1 is 1.25 bits per heavy atom. The summed E-state index contributed by atoms with van der Waals surface area (Å²) in [5.74, 6) is 0.176. The van der Waals surface area contributed by atoms with Gasteiger partial charge in [0.2, 0.25) is 5.91 Å². The molecular weight excluding hydrogens is 274 g/mol. The maximum absolute atomic E-state index is 12.1. The molecule has 1 saturated heterocycles. The minimum Gasteiger partial charge on any atom is -0.368 e. The summed E-state index contributed by atoms with van der Waals surface area (Å²) in [5, 5.41) is 0.746. The van der Waals surface area contributed by atoms with Crippen LogP contribution in [0.25, 0.3) is 0 Å². The van der Waals surface area contributed by atoms with Gasteiger partial charge in [-0.3, -0.25) is 4.79 Å². The van der Waals surface area contributed by atoms with E-state index in [-0.39, 0.29) is 11.9 Å². The normalized spacial score (nSPS) is 17.1. The van der Waals surface area contributed by atoms with Crippen LogP contribution in [0.4, 0.5) is 5.69 Å². The number of anilines is 1. The van der Waals surface area contributed by atoms with Crippen LogP contribution in [-0.4, -0.2) is 43.0 Å². The Labute approximate surface area is 125 Å². The quantitative estimate of drug-likeness (QED) is 0.925. The molecule has 2 rings (SSSR count). The van der Waals surface area contributed by atoms with Crippen molar-refractivity contribution in [1.29, 1.82) is 0 Å². The van der Waals surface area contributed by atoms with Crippen LogP contribution in [0.1, 0.15) is 19.8 Å². The van der Waals surface area contributed by atoms with Gasteiger partial charge in [0.25, 0.3) is 0 Å². The number of benzene rings is 1. The van der Waals surface area contributed by atoms with Crippen LogP contribution in [0, 0.1) is 0 Å². The smallest absolute Gasteiger partial charge is 0.224 e. The van der Waals surface area contributed by atoms with Crippen LogP contribution in [0.3, 0.4) is 0 Å². The van der Waals surface area contributed by atoms with Gasteiger partial charge in [-0.1, -0.05) is 18.5 Å². The second-order valence-electron chi connectivity index (χ2n) is 5.22. The molecule has 20 heavy (non-hydrogen) atoms. The van der Waals surface area contributed by atoms with Crippen molar-refractivity contribution in [2.75, 3.05) is 31.1 Å². The number of hydrogen-bond acceptors (Lipinski definition) is 3. The van der Waals surface area contributed by atoms with Crippen molar-refractivity contribution in [2.24, 2.45) is 5.73 Å². The molecule has 1 aliphatic rings. The van der Waals surface area contributed by atoms with Crippen LogP contribution in [0.5, 0.6) is 0 Å². The average molecular weight is 296 g/mol. The summed E-state index contributed by atoms with van der Waals surface area (Å²) < 4.78 is 0. The molecule has 4 nitrogen and oxygen atoms in total. The van der Waals surface area contributed by atoms with E-state index in [1.807, 2.05) is 36.1 Å². The third-order valence-electron chi connectivity index (χ3n) is 3.79. The van der Waals surface area contributed by atoms with Crippen molar-refractivity contribution in [3.8, 4) is 0 Å². The number of nitrogens with zero attached hydrogens (tertiary/aromatic N) is 2. The van der Waals surface area contributed by atoms with Crippen molar-refractivity contribution in [2.45, 2.75) is 25.8 Å². The van der Waals surface area contributed by atoms with E-state index in [0.717, 1.165) is 43.3 Å². The highest BCUT2D eigenvalue weighted by atomic mass is 35.5. The molecule has 0 aliphatic carbocycles. The summed E-state index contributed by atoms with van der Waals surface area (Å²) >= 11 is 5.89. The summed E-state index contributed by atoms with van der Waals surface area (Å²) in [6, 6.07) is 7.82. The molecule has 110 valence electrons. The van der Waals surface area contributed by atoms with E-state index in [2.05, 4.69) is 4.90 Å². The van der Waals surface area contributed by atoms with Crippen molar-refractivity contribution < 1.29 is 4.79 Å². The number of amides is 1. The SMILES string of the molecule is CCC(N)CC(=O)N1CCN(c2ccc(Cl)cc2)CC1. The van der Waals surface area contributed by atoms with Gasteiger partial charge in [-0.05, 0) is 30.7 Å². The lowest BCUT2D eigenvalue weighted by Crippen LogP contribution is -2.49. The van der Waals surface area contributed by atoms with Crippen LogP contribution < -0.4 is 10.6 Å². The van der Waals surface area contributed by atoms with E-state index in [4.69, 9.17) is 17.3 Å². The molecule has 5 heteroatoms. The molecule has 0 saturated carbocycles. The molecule has 1 atom stereocenters. The molecular formula is C15H22ClN3O. The molecule has 1 heterocycles. The highest BCUT2D eigenvalue weighted by Gasteiger charge is 2.22. The number of carbonyl (C=O) groups is 1. The fourth-order valence-corrected chi connectivity index (χ4v) is 2.49. The first-order valence-electron chi connectivity index (χ1n) is 7.14. The first-order valence-corrected chi connectivity index (χ1v) is 7.52. The van der Waals surface area contributed by atoms with Gasteiger partial charge >= 0.3 is 0 Å². The van der Waals surface area contributed by atoms with Crippen LogP contribution in [0.2, 0.25) is 5.02 Å². The minimum absolute atomic E-state index is 0.0169. The Bertz CT molecular complexity index is 441. The number of nitrogens with two attached hydrogens (primary N) is 1. The van der Waals surface area contributed by atoms with E-state index in [9.17, 15) is 4.79 Å². The number of carbonyl (C=O) groups excluding carboxylic acids is 1. The molecule has 1 fully saturated rings. The highest BCUT2D eigenvalue weighted by Crippen LogP contribution is 2.19. The molecule has 1 aromatic carbocycles. The van der Waals surface area contributed by atoms with Gasteiger partial charge in [0.1, 0.15) is 0 Å². The molecule has 1 aliphatic heterocycles. The molecule has 2 N–H and O–H groups in total. The fraction of sp³-hybridized carbons (Fsp3) is 0.533. The molecule has 0 aromatic heterocycles. The Morgan fingerprint density at radius 2 is 1.85 bits per heavy atom. The largest absolute Gasteiger partial charge is 0.368 e. The molecule has 1 amide bonds. The molecule has 0 bridgehead atoms. The summed E-state index contributed by atoms with van der Waals surface area (Å²) in [6.45, 7) is 5.25. The van der Waals surface area contributed by atoms with Gasteiger partial charge in [-0.25, -0.2) is 0 Å². The first-order chi connectivity index (χ1) is 9.60. The predicted molar refractivity (Wildman–Crippen MR) is 83.1 cm³/mol. The van der Waals surface area contributed by atoms with Gasteiger partial charge < -0.3 is 15.5 Å². The van der Waals surface area contributed by atoms with Crippen molar-refractivity contribution >= 4 is 23.2 Å². The fourth-order valence-electron chi connectivity index (χ4n) is 2.36. The third-order valence-corrected chi connectivity index (χ3v) is 4.04. The molecule has 0 radical (unpaired) electrons. The number of piperazine rings is 1. The summed E-state index contributed by atoms with van der Waals surface area (Å²) in [4.78, 5) is 16.3. The Hall–Kier alpha value is -1.26. The second-order valence-corrected chi connectivity index (χ2v) is 5.65. The molecule has 0 spiro atoms. The van der Waals surface area contributed by atoms with Crippen LogP contribution in [0.15, 0.2) is 24.3 Å². The summed E-state index contributed by atoms with van der Waals surface area (Å²) in [7, 11) is 0. The summed E-state index contributed by atoms with van der Waals surface area (Å²) in [5.41, 5.74) is 7.00. The standard InChI is InChI=1S/C15H22ClN3O/c1-2-13(17)11-15(20)19-9-7-18(8-10-19)14-5-3-12(16)4-6-14/h3-6,13H,2,7-11,17H2,1H3. The molecule has 1 unspecified atom stereocenters. The van der Waals surface area contributed by atoms with E-state index in [1.54, 1.807) is 0 Å². The monoisotopic (exact) mass is 295 g/mol. The van der Waals surface area contributed by atoms with Crippen molar-refractivity contribution in [3.05, 3.63) is 29.3 Å². The molecule has 1 aromatic rings. The lowest BCUT2D eigenvalue weighted by molar-refractivity contribution is -0.131. The number of halogens is 1. The van der Waals surface area contributed by atoms with Crippen molar-refractivity contribution in [3.63, 3.8) is 0 Å². The lowest BCUT2D eigenvalue weighted by Gasteiger charge is -2.36. The zero-order valence-corrected chi connectivity index (χ0v) is 12.6. The Balaban J connectivity index is 1.86. The van der Waals surface area contributed by atoms with Gasteiger partial charge in [0.05, 0.1) is 0 Å². The predicted octanol–water partition coefficient (Wildman–Crippen LogP) is 2.12. The van der Waals surface area contributed by atoms with Gasteiger partial charge in [0, 0.05) is 49.4 Å². The third kappa shape index (κ3) is 3.87. The van der Waals surface area contributed by atoms with Crippen LogP contribution >= 0.6 is 11.6 Å². The van der Waals surface area contributed by atoms with Crippen molar-refractivity contribution in [1.82, 2.24) is 4.90 Å². The highest BCUT2D eigenvalue weighted by molar-refractivity contribution is 6.30. The van der Waals surface area contributed by atoms with E-state index in [1.165, 1.54) is 0 Å². The number of hydrogen-bond donors (Lipinski definition) is 1. The minimum atomic E-state index is -0.0169. The lowest BCUT2D eigenvalue weighted by atomic mass is 10.1. The van der Waals surface area contributed by atoms with Gasteiger partial charge in [-0.2, -0.15) is 0 Å². The topological polar surface area (TPSA) is 49.6 Å². The number of rotatable bonds is 4. The maximum Gasteiger partial charge on any atom is 0.224 e. The van der Waals surface area contributed by atoms with E-state index >= 15 is 0 Å². The van der Waals surface area contributed by atoms with E-state index in [0.29, 0.717) is 6.42 Å². The van der Waals surface area contributed by atoms with Crippen LogP contribution in [-0.2, 0) is 4.79 Å². The second kappa shape index (κ2) is 6.95. The Morgan fingerprint density at radius 3 is 2.40 bits per heavy atom. The zero-order chi connectivity index (χ0) is 14.5. The average Bonchev–Trinajstić information content (AvgIpc) is 2.48. The van der Waals surface area contributed by atoms with Gasteiger partial charge in [-0.15, -0.1) is 0 Å². The maximum atomic E-state index is 12.1. The zero-order valence-electron chi connectivity index (χ0n) is 11.9. The first kappa shape index (κ1) is 15.1.